The minimum absolute atomic E-state index is 0. The van der Waals surface area contributed by atoms with Crippen LogP contribution in [-0.2, 0) is 0 Å². The fraction of sp³-hybridized carbons (Fsp3) is 1.00. The third-order valence-corrected chi connectivity index (χ3v) is 4.28. The van der Waals surface area contributed by atoms with E-state index in [0.717, 1.165) is 5.92 Å². The highest BCUT2D eigenvalue weighted by Gasteiger charge is 2.17. The third-order valence-electron chi connectivity index (χ3n) is 4.28. The molecule has 17 heavy (non-hydrogen) atoms. The molecule has 1 atom stereocenters. The van der Waals surface area contributed by atoms with Crippen molar-refractivity contribution in [2.24, 2.45) is 5.92 Å². The molecule has 0 spiro atoms. The quantitative estimate of drug-likeness (QED) is 0.785. The lowest BCUT2D eigenvalue weighted by molar-refractivity contribution is 0.191. The normalized spacial score (nSPS) is 28.4. The van der Waals surface area contributed by atoms with Crippen LogP contribution in [0.25, 0.3) is 0 Å². The summed E-state index contributed by atoms with van der Waals surface area (Å²) < 4.78 is 0. The lowest BCUT2D eigenvalue weighted by atomic mass is 9.96. The van der Waals surface area contributed by atoms with Crippen LogP contribution < -0.4 is 5.32 Å². The summed E-state index contributed by atoms with van der Waals surface area (Å²) in [6.07, 6.45) is 10.4. The van der Waals surface area contributed by atoms with Gasteiger partial charge in [0, 0.05) is 25.7 Å². The van der Waals surface area contributed by atoms with Crippen molar-refractivity contribution in [3.8, 4) is 0 Å². The molecule has 102 valence electrons. The van der Waals surface area contributed by atoms with Crippen LogP contribution in [0.5, 0.6) is 0 Å². The van der Waals surface area contributed by atoms with Crippen LogP contribution in [0.1, 0.15) is 51.9 Å². The Morgan fingerprint density at radius 3 is 2.47 bits per heavy atom. The molecule has 3 heteroatoms. The maximum Gasteiger partial charge on any atom is 0.0167 e. The van der Waals surface area contributed by atoms with Crippen molar-refractivity contribution in [1.29, 1.82) is 0 Å². The van der Waals surface area contributed by atoms with E-state index in [-0.39, 0.29) is 12.4 Å². The van der Waals surface area contributed by atoms with E-state index in [0.29, 0.717) is 6.04 Å². The number of hydrogen-bond donors (Lipinski definition) is 1. The Kier molecular flexibility index (Phi) is 7.49. The molecule has 2 nitrogen and oxygen atoms in total. The summed E-state index contributed by atoms with van der Waals surface area (Å²) in [6, 6.07) is 0.697. The minimum Gasteiger partial charge on any atom is -0.312 e. The average Bonchev–Trinajstić information content (AvgIpc) is 2.55. The van der Waals surface area contributed by atoms with Gasteiger partial charge in [-0.15, -0.1) is 12.4 Å². The first-order chi connectivity index (χ1) is 7.84. The van der Waals surface area contributed by atoms with Gasteiger partial charge in [-0.2, -0.15) is 0 Å². The van der Waals surface area contributed by atoms with Crippen LogP contribution >= 0.6 is 12.4 Å². The zero-order valence-electron chi connectivity index (χ0n) is 11.3. The molecule has 0 aromatic rings. The third kappa shape index (κ3) is 5.58. The molecule has 2 fully saturated rings. The number of rotatable bonds is 3. The summed E-state index contributed by atoms with van der Waals surface area (Å²) in [5, 5.41) is 3.52. The number of nitrogens with one attached hydrogen (secondary N) is 1. The highest BCUT2D eigenvalue weighted by atomic mass is 35.5. The van der Waals surface area contributed by atoms with Crippen LogP contribution in [0.2, 0.25) is 0 Å². The van der Waals surface area contributed by atoms with Crippen molar-refractivity contribution in [3.05, 3.63) is 0 Å². The summed E-state index contributed by atoms with van der Waals surface area (Å²) in [4.78, 5) is 2.66. The summed E-state index contributed by atoms with van der Waals surface area (Å²) >= 11 is 0. The maximum absolute atomic E-state index is 3.52. The van der Waals surface area contributed by atoms with Gasteiger partial charge in [0.15, 0.2) is 0 Å². The van der Waals surface area contributed by atoms with Gasteiger partial charge in [0.2, 0.25) is 0 Å². The van der Waals surface area contributed by atoms with Crippen molar-refractivity contribution in [3.63, 3.8) is 0 Å². The number of hydrogen-bond acceptors (Lipinski definition) is 2. The Bertz CT molecular complexity index is 189. The summed E-state index contributed by atoms with van der Waals surface area (Å²) in [7, 11) is 0. The lowest BCUT2D eigenvalue weighted by Gasteiger charge is -2.32. The van der Waals surface area contributed by atoms with E-state index in [9.17, 15) is 0 Å². The van der Waals surface area contributed by atoms with Crippen molar-refractivity contribution in [2.45, 2.75) is 57.9 Å². The number of halogens is 1. The van der Waals surface area contributed by atoms with Gasteiger partial charge in [0.25, 0.3) is 0 Å². The van der Waals surface area contributed by atoms with E-state index in [1.807, 2.05) is 0 Å². The van der Waals surface area contributed by atoms with Crippen LogP contribution in [0.4, 0.5) is 0 Å². The topological polar surface area (TPSA) is 15.3 Å². The smallest absolute Gasteiger partial charge is 0.0167 e. The molecule has 0 radical (unpaired) electrons. The molecular weight excluding hydrogens is 232 g/mol. The van der Waals surface area contributed by atoms with Crippen molar-refractivity contribution >= 4 is 12.4 Å². The second-order valence-electron chi connectivity index (χ2n) is 5.80. The van der Waals surface area contributed by atoms with Gasteiger partial charge < -0.3 is 10.2 Å². The highest BCUT2D eigenvalue weighted by molar-refractivity contribution is 5.85. The predicted molar refractivity (Wildman–Crippen MR) is 77.0 cm³/mol. The van der Waals surface area contributed by atoms with Gasteiger partial charge in [-0.25, -0.2) is 0 Å². The first kappa shape index (κ1) is 15.3. The van der Waals surface area contributed by atoms with Gasteiger partial charge in [-0.3, -0.25) is 0 Å². The average molecular weight is 261 g/mol. The summed E-state index contributed by atoms with van der Waals surface area (Å²) in [5.41, 5.74) is 0. The van der Waals surface area contributed by atoms with E-state index in [1.54, 1.807) is 0 Å². The maximum atomic E-state index is 3.52. The second kappa shape index (κ2) is 8.34. The first-order valence-electron chi connectivity index (χ1n) is 7.30. The molecule has 2 rings (SSSR count). The molecule has 0 bridgehead atoms. The standard InChI is InChI=1S/C14H28N2.ClH/c1-13-12-16(11-9-15-13)10-8-14-6-4-2-3-5-7-14;/h13-15H,2-12H2,1H3;1H. The summed E-state index contributed by atoms with van der Waals surface area (Å²) in [6.45, 7) is 7.35. The molecule has 1 saturated carbocycles. The largest absolute Gasteiger partial charge is 0.312 e. The van der Waals surface area contributed by atoms with E-state index in [1.165, 1.54) is 71.1 Å². The van der Waals surface area contributed by atoms with Crippen LogP contribution in [0.15, 0.2) is 0 Å². The Balaban J connectivity index is 0.00000144. The monoisotopic (exact) mass is 260 g/mol. The Hall–Kier alpha value is 0.210. The van der Waals surface area contributed by atoms with Gasteiger partial charge in [0.05, 0.1) is 0 Å². The molecular formula is C14H29ClN2. The van der Waals surface area contributed by atoms with Crippen LogP contribution in [0.3, 0.4) is 0 Å². The molecule has 2 aliphatic rings. The SMILES string of the molecule is CC1CN(CCC2CCCCCC2)CCN1.Cl. The Labute approximate surface area is 113 Å². The minimum atomic E-state index is 0. The lowest BCUT2D eigenvalue weighted by Crippen LogP contribution is -2.49. The van der Waals surface area contributed by atoms with Gasteiger partial charge in [0.1, 0.15) is 0 Å². The van der Waals surface area contributed by atoms with E-state index >= 15 is 0 Å². The van der Waals surface area contributed by atoms with Crippen molar-refractivity contribution in [1.82, 2.24) is 10.2 Å². The predicted octanol–water partition coefficient (Wildman–Crippen LogP) is 3.06. The molecule has 0 aromatic heterocycles. The molecule has 1 saturated heterocycles. The molecule has 1 aliphatic carbocycles. The number of piperazine rings is 1. The second-order valence-corrected chi connectivity index (χ2v) is 5.80. The van der Waals surface area contributed by atoms with Gasteiger partial charge in [-0.05, 0) is 25.8 Å². The fourth-order valence-corrected chi connectivity index (χ4v) is 3.23. The molecule has 1 N–H and O–H groups in total. The van der Waals surface area contributed by atoms with Crippen molar-refractivity contribution in [2.75, 3.05) is 26.2 Å². The van der Waals surface area contributed by atoms with Gasteiger partial charge >= 0.3 is 0 Å². The van der Waals surface area contributed by atoms with E-state index in [4.69, 9.17) is 0 Å². The van der Waals surface area contributed by atoms with E-state index in [2.05, 4.69) is 17.1 Å². The fourth-order valence-electron chi connectivity index (χ4n) is 3.23. The van der Waals surface area contributed by atoms with Gasteiger partial charge in [-0.1, -0.05) is 38.5 Å². The highest BCUT2D eigenvalue weighted by Crippen LogP contribution is 2.25. The molecule has 0 aromatic carbocycles. The van der Waals surface area contributed by atoms with Crippen LogP contribution in [0, 0.1) is 5.92 Å². The first-order valence-corrected chi connectivity index (χ1v) is 7.30. The zero-order chi connectivity index (χ0) is 11.2. The van der Waals surface area contributed by atoms with Crippen molar-refractivity contribution < 1.29 is 0 Å². The van der Waals surface area contributed by atoms with E-state index < -0.39 is 0 Å². The molecule has 0 amide bonds. The Morgan fingerprint density at radius 2 is 1.82 bits per heavy atom. The molecule has 1 unspecified atom stereocenters. The zero-order valence-corrected chi connectivity index (χ0v) is 12.1. The summed E-state index contributed by atoms with van der Waals surface area (Å²) in [5.74, 6) is 1.03. The number of nitrogens with zero attached hydrogens (tertiary/aromatic N) is 1. The molecule has 1 aliphatic heterocycles. The Morgan fingerprint density at radius 1 is 1.12 bits per heavy atom. The van der Waals surface area contributed by atoms with Crippen LogP contribution in [-0.4, -0.2) is 37.1 Å². The molecule has 1 heterocycles.